The van der Waals surface area contributed by atoms with Crippen LogP contribution in [-0.4, -0.2) is 143 Å². The lowest BCUT2D eigenvalue weighted by Gasteiger charge is -2.31. The van der Waals surface area contributed by atoms with Crippen LogP contribution < -0.4 is 59.7 Å². The molecule has 2 aliphatic rings. The first kappa shape index (κ1) is 56.0. The summed E-state index contributed by atoms with van der Waals surface area (Å²) in [6, 6.07) is -4.52. The van der Waals surface area contributed by atoms with E-state index in [2.05, 4.69) is 42.5 Å². The Morgan fingerprint density at radius 3 is 2.03 bits per heavy atom. The van der Waals surface area contributed by atoms with Crippen molar-refractivity contribution in [3.8, 4) is 5.75 Å². The molecular formula is C44H66N12O13. The summed E-state index contributed by atoms with van der Waals surface area (Å²) in [6.07, 6.45) is -2.25. The number of nitrogens with two attached hydrogens (primary N) is 3. The number of carbonyl (C=O) groups is 12. The van der Waals surface area contributed by atoms with Crippen LogP contribution in [0.15, 0.2) is 24.3 Å². The topological polar surface area (TPSA) is 403 Å². The van der Waals surface area contributed by atoms with Gasteiger partial charge in [0.1, 0.15) is 48.0 Å². The van der Waals surface area contributed by atoms with Gasteiger partial charge in [0.25, 0.3) is 0 Å². The van der Waals surface area contributed by atoms with E-state index in [1.54, 1.807) is 27.7 Å². The third-order valence-corrected chi connectivity index (χ3v) is 11.5. The molecule has 8 atom stereocenters. The van der Waals surface area contributed by atoms with Gasteiger partial charge in [-0.15, -0.1) is 0 Å². The number of benzene rings is 1. The van der Waals surface area contributed by atoms with Crippen LogP contribution in [0.25, 0.3) is 0 Å². The Morgan fingerprint density at radius 1 is 0.783 bits per heavy atom. The van der Waals surface area contributed by atoms with Gasteiger partial charge in [-0.25, -0.2) is 0 Å². The molecule has 380 valence electrons. The molecule has 25 nitrogen and oxygen atoms in total. The van der Waals surface area contributed by atoms with Crippen LogP contribution in [0, 0.1) is 11.8 Å². The van der Waals surface area contributed by atoms with Crippen molar-refractivity contribution in [2.75, 3.05) is 19.6 Å². The standard InChI is InChI=1S/C44H66N12O13/c1-5-23(4)37-43(68)51-26(12-13-32(45)58)39(64)52-29(19-33(46)59)40(65)54-30(20-36(62)48-15-14-35(61)50-28(41(66)55-37)18-24-8-10-25(57)11-9-24)44(69)56-16-6-7-31(56)42(67)53-27(17-22(2)3)38(63)49-21-34(47)60/h8-11,22-23,26-31,37,57H,5-7,12-21H2,1-4H3,(H2,45,58)(H2,46,59)(H2,47,60)(H,48,62)(H,49,63)(H,50,61)(H,51,68)(H,52,64)(H,53,67)(H,54,65)(H,55,66)/t23-,26-,27-,28-,29-,30-,31-,37-/m0/s1. The first-order valence-corrected chi connectivity index (χ1v) is 22.8. The number of nitrogens with one attached hydrogen (secondary N) is 8. The summed E-state index contributed by atoms with van der Waals surface area (Å²) in [7, 11) is 0. The SMILES string of the molecule is CC[C@H](C)[C@@H]1NC(=O)[C@H](Cc2ccc(O)cc2)NC(=O)CCNC(=O)C[C@@H](C(=O)N2CCC[C@H]2C(=O)N[C@@H](CC(C)C)C(=O)NCC(N)=O)NC(=O)[C@H](CC(N)=O)NC(=O)[C@H](CCC(N)=O)NC1=O. The van der Waals surface area contributed by atoms with Crippen molar-refractivity contribution < 1.29 is 62.6 Å². The van der Waals surface area contributed by atoms with Crippen molar-refractivity contribution >= 4 is 70.9 Å². The Kier molecular flexibility index (Phi) is 21.8. The second-order valence-corrected chi connectivity index (χ2v) is 17.6. The number of hydrogen-bond donors (Lipinski definition) is 12. The fourth-order valence-corrected chi connectivity index (χ4v) is 7.62. The maximum atomic E-state index is 14.4. The first-order chi connectivity index (χ1) is 32.5. The van der Waals surface area contributed by atoms with Gasteiger partial charge in [-0.1, -0.05) is 46.2 Å². The van der Waals surface area contributed by atoms with Crippen molar-refractivity contribution in [2.45, 2.75) is 134 Å². The van der Waals surface area contributed by atoms with E-state index in [0.717, 1.165) is 4.90 Å². The number of likely N-dealkylation sites (tertiary alicyclic amines) is 1. The molecule has 1 aromatic rings. The molecule has 2 aliphatic heterocycles. The van der Waals surface area contributed by atoms with Gasteiger partial charge in [-0.2, -0.15) is 0 Å². The molecule has 1 aromatic carbocycles. The Labute approximate surface area is 398 Å². The summed E-state index contributed by atoms with van der Waals surface area (Å²) in [4.78, 5) is 161. The largest absolute Gasteiger partial charge is 0.508 e. The van der Waals surface area contributed by atoms with Crippen LogP contribution in [0.3, 0.4) is 0 Å². The predicted molar refractivity (Wildman–Crippen MR) is 244 cm³/mol. The van der Waals surface area contributed by atoms with Gasteiger partial charge in [0.05, 0.1) is 19.4 Å². The van der Waals surface area contributed by atoms with Crippen LogP contribution in [0.4, 0.5) is 0 Å². The van der Waals surface area contributed by atoms with Crippen molar-refractivity contribution in [2.24, 2.45) is 29.0 Å². The van der Waals surface area contributed by atoms with Crippen LogP contribution in [-0.2, 0) is 64.0 Å². The zero-order valence-electron chi connectivity index (χ0n) is 39.2. The molecule has 0 bridgehead atoms. The lowest BCUT2D eigenvalue weighted by molar-refractivity contribution is -0.144. The molecule has 2 heterocycles. The fourth-order valence-electron chi connectivity index (χ4n) is 7.62. The second-order valence-electron chi connectivity index (χ2n) is 17.6. The molecule has 25 heteroatoms. The zero-order chi connectivity index (χ0) is 51.5. The van der Waals surface area contributed by atoms with Gasteiger partial charge < -0.3 is 69.7 Å². The molecule has 0 spiro atoms. The van der Waals surface area contributed by atoms with E-state index < -0.39 is 158 Å². The number of nitrogens with zero attached hydrogens (tertiary/aromatic N) is 1. The minimum absolute atomic E-state index is 0.0486. The molecule has 0 unspecified atom stereocenters. The van der Waals surface area contributed by atoms with Crippen LogP contribution in [0.1, 0.15) is 91.0 Å². The summed E-state index contributed by atoms with van der Waals surface area (Å²) in [5.74, 6) is -11.6. The molecule has 69 heavy (non-hydrogen) atoms. The number of aromatic hydroxyl groups is 1. The van der Waals surface area contributed by atoms with Gasteiger partial charge in [-0.05, 0) is 55.2 Å². The normalized spacial score (nSPS) is 23.1. The highest BCUT2D eigenvalue weighted by molar-refractivity contribution is 6.00. The highest BCUT2D eigenvalue weighted by Crippen LogP contribution is 2.21. The fraction of sp³-hybridized carbons (Fsp3) is 0.591. The van der Waals surface area contributed by atoms with Gasteiger partial charge in [0.2, 0.25) is 70.9 Å². The van der Waals surface area contributed by atoms with Crippen LogP contribution in [0.2, 0.25) is 0 Å². The molecule has 0 aliphatic carbocycles. The van der Waals surface area contributed by atoms with Gasteiger partial charge in [0, 0.05) is 32.4 Å². The molecule has 0 saturated carbocycles. The summed E-state index contributed by atoms with van der Waals surface area (Å²) in [5.41, 5.74) is 16.5. The minimum Gasteiger partial charge on any atom is -0.508 e. The van der Waals surface area contributed by atoms with E-state index in [9.17, 15) is 62.6 Å². The molecule has 0 radical (unpaired) electrons. The number of amides is 12. The lowest BCUT2D eigenvalue weighted by Crippen LogP contribution is -2.61. The molecular weight excluding hydrogens is 905 g/mol. The maximum Gasteiger partial charge on any atom is 0.246 e. The third-order valence-electron chi connectivity index (χ3n) is 11.5. The number of carbonyl (C=O) groups excluding carboxylic acids is 12. The molecule has 2 fully saturated rings. The Bertz CT molecular complexity index is 2080. The van der Waals surface area contributed by atoms with E-state index in [4.69, 9.17) is 17.2 Å². The van der Waals surface area contributed by atoms with Gasteiger partial charge in [0.15, 0.2) is 0 Å². The maximum absolute atomic E-state index is 14.4. The average Bonchev–Trinajstić information content (AvgIpc) is 3.77. The van der Waals surface area contributed by atoms with Crippen molar-refractivity contribution in [3.05, 3.63) is 29.8 Å². The predicted octanol–water partition coefficient (Wildman–Crippen LogP) is -4.42. The number of primary amides is 3. The summed E-state index contributed by atoms with van der Waals surface area (Å²) < 4.78 is 0. The number of phenols is 1. The second kappa shape index (κ2) is 26.9. The zero-order valence-corrected chi connectivity index (χ0v) is 39.2. The Hall–Kier alpha value is -7.34. The van der Waals surface area contributed by atoms with Gasteiger partial charge in [-0.3, -0.25) is 57.5 Å². The number of hydrogen-bond acceptors (Lipinski definition) is 13. The quantitative estimate of drug-likeness (QED) is 0.0703. The van der Waals surface area contributed by atoms with Crippen molar-refractivity contribution in [3.63, 3.8) is 0 Å². The van der Waals surface area contributed by atoms with E-state index in [-0.39, 0.29) is 50.4 Å². The Balaban J connectivity index is 2.06. The van der Waals surface area contributed by atoms with Crippen LogP contribution in [0.5, 0.6) is 5.75 Å². The molecule has 12 amide bonds. The molecule has 0 aromatic heterocycles. The minimum atomic E-state index is -1.85. The van der Waals surface area contributed by atoms with E-state index in [1.165, 1.54) is 24.3 Å². The van der Waals surface area contributed by atoms with Crippen molar-refractivity contribution in [1.29, 1.82) is 0 Å². The number of rotatable bonds is 17. The van der Waals surface area contributed by atoms with Gasteiger partial charge >= 0.3 is 0 Å². The highest BCUT2D eigenvalue weighted by Gasteiger charge is 2.41. The molecule has 3 rings (SSSR count). The molecule has 2 saturated heterocycles. The monoisotopic (exact) mass is 970 g/mol. The Morgan fingerprint density at radius 2 is 1.42 bits per heavy atom. The highest BCUT2D eigenvalue weighted by atomic mass is 16.3. The number of phenolic OH excluding ortho intramolecular Hbond substituents is 1. The van der Waals surface area contributed by atoms with E-state index in [1.807, 2.05) is 0 Å². The third kappa shape index (κ3) is 18.3. The smallest absolute Gasteiger partial charge is 0.246 e. The molecule has 15 N–H and O–H groups in total. The van der Waals surface area contributed by atoms with E-state index >= 15 is 0 Å². The summed E-state index contributed by atoms with van der Waals surface area (Å²) in [6.45, 7) is 6.05. The lowest BCUT2D eigenvalue weighted by atomic mass is 9.96. The average molecular weight is 971 g/mol. The summed E-state index contributed by atoms with van der Waals surface area (Å²) >= 11 is 0. The summed E-state index contributed by atoms with van der Waals surface area (Å²) in [5, 5.41) is 29.7. The van der Waals surface area contributed by atoms with E-state index in [0.29, 0.717) is 12.0 Å². The van der Waals surface area contributed by atoms with Crippen LogP contribution >= 0.6 is 0 Å². The first-order valence-electron chi connectivity index (χ1n) is 22.8. The van der Waals surface area contributed by atoms with Crippen molar-refractivity contribution in [1.82, 2.24) is 47.4 Å².